The van der Waals surface area contributed by atoms with Crippen molar-refractivity contribution in [3.63, 3.8) is 0 Å². The monoisotopic (exact) mass is 255 g/mol. The molecule has 2 fully saturated rings. The molecule has 0 radical (unpaired) electrons. The quantitative estimate of drug-likeness (QED) is 0.761. The Balaban J connectivity index is 1.80. The number of nitrogens with two attached hydrogens (primary N) is 1. The molecule has 1 heterocycles. The van der Waals surface area contributed by atoms with Crippen LogP contribution < -0.4 is 5.73 Å². The van der Waals surface area contributed by atoms with Crippen LogP contribution in [0.4, 0.5) is 0 Å². The molecule has 0 bridgehead atoms. The van der Waals surface area contributed by atoms with Crippen LogP contribution >= 0.6 is 0 Å². The number of hydrogen-bond acceptors (Lipinski definition) is 4. The van der Waals surface area contributed by atoms with Crippen molar-refractivity contribution in [2.75, 3.05) is 39.8 Å². The number of ether oxygens (including phenoxy) is 1. The number of hydrogen-bond donors (Lipinski definition) is 1. The van der Waals surface area contributed by atoms with Crippen LogP contribution in [0.1, 0.15) is 26.7 Å². The first kappa shape index (κ1) is 14.3. The average Bonchev–Trinajstić information content (AvgIpc) is 3.14. The maximum atomic E-state index is 5.90. The third-order valence-electron chi connectivity index (χ3n) is 4.37. The van der Waals surface area contributed by atoms with Crippen LogP contribution in [0.15, 0.2) is 0 Å². The van der Waals surface area contributed by atoms with Crippen molar-refractivity contribution in [3.05, 3.63) is 0 Å². The first-order valence-corrected chi connectivity index (χ1v) is 7.37. The zero-order chi connectivity index (χ0) is 13.1. The molecule has 1 saturated heterocycles. The zero-order valence-electron chi connectivity index (χ0n) is 12.1. The topological polar surface area (TPSA) is 41.7 Å². The van der Waals surface area contributed by atoms with Gasteiger partial charge in [0.05, 0.1) is 12.7 Å². The van der Waals surface area contributed by atoms with Gasteiger partial charge in [-0.3, -0.25) is 9.80 Å². The highest BCUT2D eigenvalue weighted by molar-refractivity contribution is 4.89. The molecular formula is C14H29N3O. The van der Waals surface area contributed by atoms with Gasteiger partial charge in [0.25, 0.3) is 0 Å². The Hall–Kier alpha value is -0.160. The molecule has 4 heteroatoms. The van der Waals surface area contributed by atoms with Crippen LogP contribution in [-0.4, -0.2) is 67.8 Å². The second kappa shape index (κ2) is 6.33. The standard InChI is InChI=1S/C14H29N3O/c1-11(2)17-6-7-18-13(10-17)9-16(3)14(8-15)12-4-5-12/h11-14H,4-10,15H2,1-3H3. The van der Waals surface area contributed by atoms with E-state index in [1.165, 1.54) is 12.8 Å². The average molecular weight is 255 g/mol. The molecule has 2 atom stereocenters. The minimum atomic E-state index is 0.346. The van der Waals surface area contributed by atoms with Crippen LogP contribution in [0.3, 0.4) is 0 Å². The first-order valence-electron chi connectivity index (χ1n) is 7.37. The predicted octanol–water partition coefficient (Wildman–Crippen LogP) is 0.765. The van der Waals surface area contributed by atoms with E-state index in [1.807, 2.05) is 0 Å². The SMILES string of the molecule is CC(C)N1CCOC(CN(C)C(CN)C2CC2)C1. The Labute approximate surface area is 111 Å². The van der Waals surface area contributed by atoms with E-state index in [0.717, 1.165) is 38.7 Å². The maximum Gasteiger partial charge on any atom is 0.0829 e. The maximum absolute atomic E-state index is 5.90. The molecule has 0 spiro atoms. The van der Waals surface area contributed by atoms with Gasteiger partial charge in [-0.15, -0.1) is 0 Å². The minimum Gasteiger partial charge on any atom is -0.374 e. The summed E-state index contributed by atoms with van der Waals surface area (Å²) < 4.78 is 5.90. The highest BCUT2D eigenvalue weighted by Crippen LogP contribution is 2.34. The second-order valence-electron chi connectivity index (χ2n) is 6.16. The van der Waals surface area contributed by atoms with E-state index in [4.69, 9.17) is 10.5 Å². The summed E-state index contributed by atoms with van der Waals surface area (Å²) in [6.45, 7) is 9.32. The van der Waals surface area contributed by atoms with Gasteiger partial charge in [-0.1, -0.05) is 0 Å². The van der Waals surface area contributed by atoms with E-state index in [9.17, 15) is 0 Å². The van der Waals surface area contributed by atoms with Crippen molar-refractivity contribution in [1.82, 2.24) is 9.80 Å². The molecule has 4 nitrogen and oxygen atoms in total. The summed E-state index contributed by atoms with van der Waals surface area (Å²) >= 11 is 0. The predicted molar refractivity (Wildman–Crippen MR) is 74.6 cm³/mol. The Morgan fingerprint density at radius 3 is 2.67 bits per heavy atom. The largest absolute Gasteiger partial charge is 0.374 e. The van der Waals surface area contributed by atoms with Gasteiger partial charge >= 0.3 is 0 Å². The van der Waals surface area contributed by atoms with E-state index >= 15 is 0 Å². The molecule has 2 aliphatic rings. The van der Waals surface area contributed by atoms with Crippen LogP contribution in [0, 0.1) is 5.92 Å². The Morgan fingerprint density at radius 2 is 2.11 bits per heavy atom. The van der Waals surface area contributed by atoms with Crippen molar-refractivity contribution >= 4 is 0 Å². The summed E-state index contributed by atoms with van der Waals surface area (Å²) in [5.41, 5.74) is 5.90. The summed E-state index contributed by atoms with van der Waals surface area (Å²) in [5.74, 6) is 0.838. The first-order chi connectivity index (χ1) is 8.61. The van der Waals surface area contributed by atoms with E-state index in [1.54, 1.807) is 0 Å². The zero-order valence-corrected chi connectivity index (χ0v) is 12.1. The molecule has 1 saturated carbocycles. The molecule has 2 unspecified atom stereocenters. The molecule has 0 amide bonds. The lowest BCUT2D eigenvalue weighted by atomic mass is 10.1. The summed E-state index contributed by atoms with van der Waals surface area (Å²) in [5, 5.41) is 0. The lowest BCUT2D eigenvalue weighted by Crippen LogP contribution is -2.51. The van der Waals surface area contributed by atoms with Gasteiger partial charge in [0.15, 0.2) is 0 Å². The normalized spacial score (nSPS) is 28.0. The highest BCUT2D eigenvalue weighted by Gasteiger charge is 2.34. The Bertz CT molecular complexity index is 255. The van der Waals surface area contributed by atoms with Crippen LogP contribution in [0.2, 0.25) is 0 Å². The van der Waals surface area contributed by atoms with Gasteiger partial charge in [-0.25, -0.2) is 0 Å². The summed E-state index contributed by atoms with van der Waals surface area (Å²) in [7, 11) is 2.20. The third-order valence-corrected chi connectivity index (χ3v) is 4.37. The number of likely N-dealkylation sites (N-methyl/N-ethyl adjacent to an activating group) is 1. The molecule has 106 valence electrons. The van der Waals surface area contributed by atoms with Crippen molar-refractivity contribution in [1.29, 1.82) is 0 Å². The molecule has 1 aliphatic carbocycles. The van der Waals surface area contributed by atoms with Gasteiger partial charge in [-0.2, -0.15) is 0 Å². The molecule has 2 rings (SSSR count). The van der Waals surface area contributed by atoms with Crippen molar-refractivity contribution in [2.45, 2.75) is 44.9 Å². The number of morpholine rings is 1. The summed E-state index contributed by atoms with van der Waals surface area (Å²) in [6, 6.07) is 1.18. The molecule has 0 aromatic carbocycles. The smallest absolute Gasteiger partial charge is 0.0829 e. The van der Waals surface area contributed by atoms with Gasteiger partial charge in [0.1, 0.15) is 0 Å². The minimum absolute atomic E-state index is 0.346. The van der Waals surface area contributed by atoms with E-state index in [2.05, 4.69) is 30.7 Å². The van der Waals surface area contributed by atoms with E-state index < -0.39 is 0 Å². The van der Waals surface area contributed by atoms with Crippen LogP contribution in [0.5, 0.6) is 0 Å². The van der Waals surface area contributed by atoms with Crippen LogP contribution in [0.25, 0.3) is 0 Å². The molecular weight excluding hydrogens is 226 g/mol. The van der Waals surface area contributed by atoms with Crippen LogP contribution in [-0.2, 0) is 4.74 Å². The fraction of sp³-hybridized carbons (Fsp3) is 1.00. The van der Waals surface area contributed by atoms with Gasteiger partial charge in [0.2, 0.25) is 0 Å². The number of rotatable bonds is 6. The summed E-state index contributed by atoms with van der Waals surface area (Å²) in [4.78, 5) is 4.93. The van der Waals surface area contributed by atoms with Gasteiger partial charge < -0.3 is 10.5 Å². The third kappa shape index (κ3) is 3.67. The molecule has 0 aromatic rings. The fourth-order valence-electron chi connectivity index (χ4n) is 2.99. The Kier molecular flexibility index (Phi) is 5.01. The molecule has 1 aliphatic heterocycles. The number of nitrogens with zero attached hydrogens (tertiary/aromatic N) is 2. The van der Waals surface area contributed by atoms with Crippen molar-refractivity contribution in [3.8, 4) is 0 Å². The summed E-state index contributed by atoms with van der Waals surface area (Å²) in [6.07, 6.45) is 3.06. The lowest BCUT2D eigenvalue weighted by molar-refractivity contribution is -0.0540. The molecule has 0 aromatic heterocycles. The van der Waals surface area contributed by atoms with Crippen molar-refractivity contribution in [2.24, 2.45) is 11.7 Å². The fourth-order valence-corrected chi connectivity index (χ4v) is 2.99. The van der Waals surface area contributed by atoms with Gasteiger partial charge in [0, 0.05) is 38.3 Å². The second-order valence-corrected chi connectivity index (χ2v) is 6.16. The van der Waals surface area contributed by atoms with Crippen molar-refractivity contribution < 1.29 is 4.74 Å². The van der Waals surface area contributed by atoms with E-state index in [0.29, 0.717) is 18.2 Å². The molecule has 2 N–H and O–H groups in total. The van der Waals surface area contributed by atoms with E-state index in [-0.39, 0.29) is 0 Å². The highest BCUT2D eigenvalue weighted by atomic mass is 16.5. The van der Waals surface area contributed by atoms with Gasteiger partial charge in [-0.05, 0) is 39.7 Å². The lowest BCUT2D eigenvalue weighted by Gasteiger charge is -2.38. The Morgan fingerprint density at radius 1 is 1.39 bits per heavy atom. The molecule has 18 heavy (non-hydrogen) atoms.